The average molecular weight is 242 g/mol. The molecule has 0 aliphatic carbocycles. The van der Waals surface area contributed by atoms with Gasteiger partial charge in [-0.25, -0.2) is 0 Å². The molecule has 0 N–H and O–H groups in total. The van der Waals surface area contributed by atoms with Gasteiger partial charge < -0.3 is 0 Å². The second kappa shape index (κ2) is 4.77. The fourth-order valence-electron chi connectivity index (χ4n) is 0.966. The van der Waals surface area contributed by atoms with E-state index in [0.29, 0.717) is 10.9 Å². The summed E-state index contributed by atoms with van der Waals surface area (Å²) >= 11 is 3.21. The normalized spacial score (nSPS) is 10.5. The third-order valence-electron chi connectivity index (χ3n) is 1.52. The highest BCUT2D eigenvalue weighted by Crippen LogP contribution is 2.18. The van der Waals surface area contributed by atoms with Crippen molar-refractivity contribution in [1.82, 2.24) is 0 Å². The standard InChI is InChI=1S/C9H8BrNO2/c10-7-3-5-8-4-1-2-6-9(8)11(12)13/h1-6H,7H2/b5-3+. The first kappa shape index (κ1) is 9.92. The molecule has 0 heterocycles. The van der Waals surface area contributed by atoms with Gasteiger partial charge in [0.2, 0.25) is 0 Å². The Morgan fingerprint density at radius 3 is 2.77 bits per heavy atom. The number of nitrogens with zero attached hydrogens (tertiary/aromatic N) is 1. The van der Waals surface area contributed by atoms with E-state index >= 15 is 0 Å². The van der Waals surface area contributed by atoms with E-state index in [1.54, 1.807) is 24.3 Å². The van der Waals surface area contributed by atoms with E-state index in [4.69, 9.17) is 0 Å². The van der Waals surface area contributed by atoms with Gasteiger partial charge in [0.05, 0.1) is 10.5 Å². The van der Waals surface area contributed by atoms with E-state index in [0.717, 1.165) is 0 Å². The van der Waals surface area contributed by atoms with Crippen molar-refractivity contribution in [3.8, 4) is 0 Å². The van der Waals surface area contributed by atoms with Crippen molar-refractivity contribution in [2.75, 3.05) is 5.33 Å². The van der Waals surface area contributed by atoms with Crippen LogP contribution in [0.25, 0.3) is 6.08 Å². The van der Waals surface area contributed by atoms with E-state index in [2.05, 4.69) is 15.9 Å². The van der Waals surface area contributed by atoms with Crippen LogP contribution in [0.1, 0.15) is 5.56 Å². The van der Waals surface area contributed by atoms with Crippen molar-refractivity contribution in [3.63, 3.8) is 0 Å². The van der Waals surface area contributed by atoms with Gasteiger partial charge in [0.15, 0.2) is 0 Å². The second-order valence-corrected chi connectivity index (χ2v) is 3.02. The summed E-state index contributed by atoms with van der Waals surface area (Å²) in [5.74, 6) is 0. The Kier molecular flexibility index (Phi) is 3.64. The van der Waals surface area contributed by atoms with Crippen molar-refractivity contribution >= 4 is 27.7 Å². The Bertz CT molecular complexity index is 336. The zero-order valence-corrected chi connectivity index (χ0v) is 8.40. The highest BCUT2D eigenvalue weighted by Gasteiger charge is 2.08. The van der Waals surface area contributed by atoms with Gasteiger partial charge in [0.1, 0.15) is 0 Å². The van der Waals surface area contributed by atoms with Crippen LogP contribution in [0.4, 0.5) is 5.69 Å². The van der Waals surface area contributed by atoms with Crippen molar-refractivity contribution in [1.29, 1.82) is 0 Å². The van der Waals surface area contributed by atoms with Gasteiger partial charge in [-0.15, -0.1) is 0 Å². The molecule has 0 spiro atoms. The van der Waals surface area contributed by atoms with Crippen molar-refractivity contribution in [3.05, 3.63) is 46.0 Å². The molecule has 0 saturated carbocycles. The minimum Gasteiger partial charge on any atom is -0.258 e. The van der Waals surface area contributed by atoms with Crippen LogP contribution in [0, 0.1) is 10.1 Å². The summed E-state index contributed by atoms with van der Waals surface area (Å²) in [5, 5.41) is 11.2. The molecular weight excluding hydrogens is 234 g/mol. The van der Waals surface area contributed by atoms with Gasteiger partial charge in [0, 0.05) is 11.4 Å². The Morgan fingerprint density at radius 2 is 2.15 bits per heavy atom. The van der Waals surface area contributed by atoms with E-state index in [1.165, 1.54) is 6.07 Å². The van der Waals surface area contributed by atoms with Crippen molar-refractivity contribution < 1.29 is 4.92 Å². The van der Waals surface area contributed by atoms with Gasteiger partial charge in [0.25, 0.3) is 5.69 Å². The minimum atomic E-state index is -0.381. The van der Waals surface area contributed by atoms with Crippen LogP contribution in [-0.4, -0.2) is 10.3 Å². The van der Waals surface area contributed by atoms with Crippen molar-refractivity contribution in [2.45, 2.75) is 0 Å². The fraction of sp³-hybridized carbons (Fsp3) is 0.111. The molecule has 0 radical (unpaired) electrons. The number of benzene rings is 1. The zero-order valence-electron chi connectivity index (χ0n) is 6.81. The van der Waals surface area contributed by atoms with Gasteiger partial charge in [-0.1, -0.05) is 40.2 Å². The molecule has 0 unspecified atom stereocenters. The lowest BCUT2D eigenvalue weighted by molar-refractivity contribution is -0.385. The number of nitro benzene ring substituents is 1. The molecule has 0 atom stereocenters. The largest absolute Gasteiger partial charge is 0.276 e. The summed E-state index contributed by atoms with van der Waals surface area (Å²) in [6, 6.07) is 6.65. The molecular formula is C9H8BrNO2. The highest BCUT2D eigenvalue weighted by molar-refractivity contribution is 9.09. The van der Waals surface area contributed by atoms with Crippen LogP contribution in [0.3, 0.4) is 0 Å². The summed E-state index contributed by atoms with van der Waals surface area (Å²) < 4.78 is 0. The lowest BCUT2D eigenvalue weighted by atomic mass is 10.2. The highest BCUT2D eigenvalue weighted by atomic mass is 79.9. The lowest BCUT2D eigenvalue weighted by Gasteiger charge is -1.95. The molecule has 0 amide bonds. The number of hydrogen-bond donors (Lipinski definition) is 0. The molecule has 0 aliphatic rings. The Hall–Kier alpha value is -1.16. The molecule has 1 rings (SSSR count). The topological polar surface area (TPSA) is 43.1 Å². The van der Waals surface area contributed by atoms with Crippen LogP contribution < -0.4 is 0 Å². The first-order valence-electron chi connectivity index (χ1n) is 3.71. The van der Waals surface area contributed by atoms with Crippen LogP contribution in [-0.2, 0) is 0 Å². The first-order chi connectivity index (χ1) is 6.25. The molecule has 0 saturated heterocycles. The molecule has 4 heteroatoms. The van der Waals surface area contributed by atoms with Gasteiger partial charge in [-0.2, -0.15) is 0 Å². The average Bonchev–Trinajstić information content (AvgIpc) is 2.15. The maximum absolute atomic E-state index is 10.5. The zero-order chi connectivity index (χ0) is 9.68. The molecule has 0 aliphatic heterocycles. The quantitative estimate of drug-likeness (QED) is 0.464. The molecule has 0 fully saturated rings. The monoisotopic (exact) mass is 241 g/mol. The smallest absolute Gasteiger partial charge is 0.258 e. The number of nitro groups is 1. The Morgan fingerprint density at radius 1 is 1.46 bits per heavy atom. The number of rotatable bonds is 3. The number of alkyl halides is 1. The van der Waals surface area contributed by atoms with E-state index < -0.39 is 0 Å². The molecule has 68 valence electrons. The number of para-hydroxylation sites is 1. The summed E-state index contributed by atoms with van der Waals surface area (Å²) in [6.07, 6.45) is 3.55. The molecule has 0 bridgehead atoms. The van der Waals surface area contributed by atoms with Crippen molar-refractivity contribution in [2.24, 2.45) is 0 Å². The number of hydrogen-bond acceptors (Lipinski definition) is 2. The number of allylic oxidation sites excluding steroid dienone is 1. The second-order valence-electron chi connectivity index (χ2n) is 2.37. The molecule has 3 nitrogen and oxygen atoms in total. The van der Waals surface area contributed by atoms with Crippen LogP contribution in [0.2, 0.25) is 0 Å². The van der Waals surface area contributed by atoms with E-state index in [-0.39, 0.29) is 10.6 Å². The summed E-state index contributed by atoms with van der Waals surface area (Å²) in [6.45, 7) is 0. The van der Waals surface area contributed by atoms with Crippen LogP contribution in [0.15, 0.2) is 30.3 Å². The van der Waals surface area contributed by atoms with E-state index in [1.807, 2.05) is 6.08 Å². The Balaban J connectivity index is 3.05. The van der Waals surface area contributed by atoms with E-state index in [9.17, 15) is 10.1 Å². The Labute approximate surface area is 84.4 Å². The molecule has 1 aromatic rings. The fourth-order valence-corrected chi connectivity index (χ4v) is 1.15. The third kappa shape index (κ3) is 2.66. The third-order valence-corrected chi connectivity index (χ3v) is 1.89. The predicted molar refractivity (Wildman–Crippen MR) is 55.9 cm³/mol. The van der Waals surface area contributed by atoms with Crippen LogP contribution in [0.5, 0.6) is 0 Å². The summed E-state index contributed by atoms with van der Waals surface area (Å²) in [5.41, 5.74) is 0.770. The van der Waals surface area contributed by atoms with Gasteiger partial charge in [-0.05, 0) is 6.07 Å². The lowest BCUT2D eigenvalue weighted by Crippen LogP contribution is -1.90. The molecule has 1 aromatic carbocycles. The van der Waals surface area contributed by atoms with Crippen LogP contribution >= 0.6 is 15.9 Å². The molecule has 0 aromatic heterocycles. The predicted octanol–water partition coefficient (Wildman–Crippen LogP) is 3.00. The number of halogens is 1. The summed E-state index contributed by atoms with van der Waals surface area (Å²) in [7, 11) is 0. The minimum absolute atomic E-state index is 0.139. The first-order valence-corrected chi connectivity index (χ1v) is 4.84. The molecule has 13 heavy (non-hydrogen) atoms. The van der Waals surface area contributed by atoms with Gasteiger partial charge >= 0.3 is 0 Å². The maximum atomic E-state index is 10.5. The van der Waals surface area contributed by atoms with Gasteiger partial charge in [-0.3, -0.25) is 10.1 Å². The maximum Gasteiger partial charge on any atom is 0.276 e. The SMILES string of the molecule is O=[N+]([O-])c1ccccc1/C=C/CBr. The summed E-state index contributed by atoms with van der Waals surface area (Å²) in [4.78, 5) is 10.2.